The largest absolute Gasteiger partial charge is 0.507 e. The van der Waals surface area contributed by atoms with Crippen molar-refractivity contribution < 1.29 is 19.4 Å². The van der Waals surface area contributed by atoms with Crippen LogP contribution in [0.1, 0.15) is 10.4 Å². The Balaban J connectivity index is 2.29. The molecule has 0 bridgehead atoms. The van der Waals surface area contributed by atoms with Gasteiger partial charge in [0.05, 0.1) is 9.13 Å². The molecule has 2 aromatic rings. The Morgan fingerprint density at radius 3 is 2.41 bits per heavy atom. The van der Waals surface area contributed by atoms with E-state index in [9.17, 15) is 19.8 Å². The Kier molecular flexibility index (Phi) is 4.58. The number of aromatic carboxylic acids is 1. The number of carboxylic acids is 1. The van der Waals surface area contributed by atoms with Gasteiger partial charge in [-0.15, -0.1) is 0 Å². The molecule has 0 aromatic heterocycles. The van der Waals surface area contributed by atoms with Gasteiger partial charge in [-0.3, -0.25) is 4.79 Å². The lowest BCUT2D eigenvalue weighted by Crippen LogP contribution is -2.08. The van der Waals surface area contributed by atoms with E-state index in [1.165, 1.54) is 12.1 Å². The van der Waals surface area contributed by atoms with E-state index < -0.39 is 5.97 Å². The van der Waals surface area contributed by atoms with E-state index in [4.69, 9.17) is 4.42 Å². The average molecular weight is 584 g/mol. The molecule has 5 nitrogen and oxygen atoms in total. The number of hydrogen-bond acceptors (Lipinski definition) is 4. The van der Waals surface area contributed by atoms with Crippen LogP contribution in [0.15, 0.2) is 57.7 Å². The fourth-order valence-electron chi connectivity index (χ4n) is 3.10. The van der Waals surface area contributed by atoms with Crippen molar-refractivity contribution in [2.45, 2.75) is 0 Å². The summed E-state index contributed by atoms with van der Waals surface area (Å²) >= 11 is 3.90. The lowest BCUT2D eigenvalue weighted by Gasteiger charge is -2.18. The Hall–Kier alpha value is -2.14. The van der Waals surface area contributed by atoms with E-state index in [1.54, 1.807) is 36.4 Å². The number of carbonyl (C=O) groups is 1. The summed E-state index contributed by atoms with van der Waals surface area (Å²) in [6, 6.07) is 13.0. The zero-order valence-corrected chi connectivity index (χ0v) is 17.8. The highest BCUT2D eigenvalue weighted by Crippen LogP contribution is 2.44. The van der Waals surface area contributed by atoms with Gasteiger partial charge in [0.2, 0.25) is 0 Å². The van der Waals surface area contributed by atoms with E-state index in [1.807, 2.05) is 45.2 Å². The van der Waals surface area contributed by atoms with Crippen molar-refractivity contribution in [2.75, 3.05) is 0 Å². The summed E-state index contributed by atoms with van der Waals surface area (Å²) in [5, 5.41) is 20.4. The molecule has 1 aliphatic carbocycles. The summed E-state index contributed by atoms with van der Waals surface area (Å²) in [5.74, 6) is -0.623. The number of carboxylic acid groups (broad SMARTS) is 1. The lowest BCUT2D eigenvalue weighted by molar-refractivity contribution is 0.0697. The zero-order valence-electron chi connectivity index (χ0n) is 13.5. The second-order valence-corrected chi connectivity index (χ2v) is 8.02. The van der Waals surface area contributed by atoms with Gasteiger partial charge in [-0.05, 0) is 81.1 Å². The molecule has 0 fully saturated rings. The molecule has 0 atom stereocenters. The van der Waals surface area contributed by atoms with Crippen LogP contribution in [-0.2, 0) is 0 Å². The maximum atomic E-state index is 12.1. The Morgan fingerprint density at radius 1 is 0.926 bits per heavy atom. The molecule has 1 aliphatic heterocycles. The zero-order chi connectivity index (χ0) is 19.3. The molecule has 2 N–H and O–H groups in total. The van der Waals surface area contributed by atoms with Crippen molar-refractivity contribution >= 4 is 62.1 Å². The highest BCUT2D eigenvalue weighted by atomic mass is 127. The molecule has 2 aromatic carbocycles. The SMILES string of the molecule is O=C(O)c1ccccc1-c1c2ccc(=O)c(I)c-2oc2c(I)c(O)ccc12. The van der Waals surface area contributed by atoms with Gasteiger partial charge >= 0.3 is 5.97 Å². The molecule has 0 saturated carbocycles. The highest BCUT2D eigenvalue weighted by Gasteiger charge is 2.24. The third-order valence-electron chi connectivity index (χ3n) is 4.31. The monoisotopic (exact) mass is 584 g/mol. The maximum Gasteiger partial charge on any atom is 0.336 e. The summed E-state index contributed by atoms with van der Waals surface area (Å²) in [5.41, 5.74) is 2.18. The van der Waals surface area contributed by atoms with E-state index in [0.29, 0.717) is 40.6 Å². The van der Waals surface area contributed by atoms with Crippen molar-refractivity contribution in [3.63, 3.8) is 0 Å². The van der Waals surface area contributed by atoms with Crippen LogP contribution in [0, 0.1) is 7.14 Å². The molecular weight excluding hydrogens is 574 g/mol. The molecule has 0 spiro atoms. The minimum absolute atomic E-state index is 0.0527. The first-order valence-corrected chi connectivity index (χ1v) is 9.95. The van der Waals surface area contributed by atoms with Crippen LogP contribution in [0.25, 0.3) is 33.4 Å². The number of hydrogen-bond donors (Lipinski definition) is 2. The van der Waals surface area contributed by atoms with Crippen LogP contribution < -0.4 is 5.43 Å². The Morgan fingerprint density at radius 2 is 1.67 bits per heavy atom. The van der Waals surface area contributed by atoms with Crippen LogP contribution in [0.4, 0.5) is 0 Å². The minimum atomic E-state index is -1.05. The van der Waals surface area contributed by atoms with Crippen LogP contribution in [-0.4, -0.2) is 16.2 Å². The number of phenolic OH excluding ortho intramolecular Hbond substituents is 1. The first kappa shape index (κ1) is 18.2. The number of aromatic hydroxyl groups is 1. The van der Waals surface area contributed by atoms with Gasteiger partial charge in [-0.1, -0.05) is 18.2 Å². The number of phenols is 1. The highest BCUT2D eigenvalue weighted by molar-refractivity contribution is 14.1. The standard InChI is InChI=1S/C20H10I2O5/c21-16-13(23)7-5-11-15(9-3-1-2-4-10(9)20(25)26)12-6-8-14(24)17(22)19(12)27-18(11)16/h1-8,23H,(H,25,26). The quantitative estimate of drug-likeness (QED) is 0.251. The average Bonchev–Trinajstić information content (AvgIpc) is 2.66. The summed E-state index contributed by atoms with van der Waals surface area (Å²) in [7, 11) is 0. The van der Waals surface area contributed by atoms with Gasteiger partial charge in [0, 0.05) is 16.5 Å². The minimum Gasteiger partial charge on any atom is -0.507 e. The van der Waals surface area contributed by atoms with Crippen LogP contribution in [0.2, 0.25) is 0 Å². The van der Waals surface area contributed by atoms with Gasteiger partial charge in [0.25, 0.3) is 0 Å². The molecule has 0 amide bonds. The lowest BCUT2D eigenvalue weighted by atomic mass is 9.91. The topological polar surface area (TPSA) is 87.7 Å². The summed E-state index contributed by atoms with van der Waals surface area (Å²) < 4.78 is 6.91. The van der Waals surface area contributed by atoms with Gasteiger partial charge < -0.3 is 14.6 Å². The number of halogens is 2. The molecule has 2 aliphatic rings. The second-order valence-electron chi connectivity index (χ2n) is 5.86. The molecule has 27 heavy (non-hydrogen) atoms. The van der Waals surface area contributed by atoms with E-state index in [-0.39, 0.29) is 16.7 Å². The van der Waals surface area contributed by atoms with E-state index >= 15 is 0 Å². The fourth-order valence-corrected chi connectivity index (χ4v) is 4.26. The maximum absolute atomic E-state index is 12.1. The molecule has 0 radical (unpaired) electrons. The molecule has 0 unspecified atom stereocenters. The molecule has 1 heterocycles. The molecule has 134 valence electrons. The van der Waals surface area contributed by atoms with E-state index in [2.05, 4.69) is 0 Å². The predicted octanol–water partition coefficient (Wildman–Crippen LogP) is 5.18. The summed E-state index contributed by atoms with van der Waals surface area (Å²) in [6.45, 7) is 0. The Labute approximate surface area is 180 Å². The summed E-state index contributed by atoms with van der Waals surface area (Å²) in [6.07, 6.45) is 0. The first-order valence-electron chi connectivity index (χ1n) is 7.79. The second kappa shape index (κ2) is 6.79. The summed E-state index contributed by atoms with van der Waals surface area (Å²) in [4.78, 5) is 23.9. The van der Waals surface area contributed by atoms with Gasteiger partial charge in [-0.2, -0.15) is 0 Å². The number of fused-ring (bicyclic) bond motifs is 2. The van der Waals surface area contributed by atoms with Crippen molar-refractivity contribution in [3.05, 3.63) is 71.5 Å². The van der Waals surface area contributed by atoms with Crippen LogP contribution in [0.5, 0.6) is 5.75 Å². The van der Waals surface area contributed by atoms with Crippen molar-refractivity contribution in [1.82, 2.24) is 0 Å². The van der Waals surface area contributed by atoms with Crippen molar-refractivity contribution in [3.8, 4) is 28.2 Å². The van der Waals surface area contributed by atoms with Gasteiger partial charge in [0.15, 0.2) is 16.8 Å². The van der Waals surface area contributed by atoms with E-state index in [0.717, 1.165) is 0 Å². The molecule has 0 saturated heterocycles. The fraction of sp³-hybridized carbons (Fsp3) is 0. The third-order valence-corrected chi connectivity index (χ3v) is 6.37. The first-order chi connectivity index (χ1) is 12.9. The normalized spacial score (nSPS) is 11.2. The van der Waals surface area contributed by atoms with Crippen LogP contribution >= 0.6 is 45.2 Å². The van der Waals surface area contributed by atoms with Gasteiger partial charge in [-0.25, -0.2) is 4.79 Å². The Bertz CT molecular complexity index is 1260. The molecule has 7 heteroatoms. The van der Waals surface area contributed by atoms with Crippen LogP contribution in [0.3, 0.4) is 0 Å². The smallest absolute Gasteiger partial charge is 0.336 e. The molecular formula is C20H10I2O5. The van der Waals surface area contributed by atoms with Gasteiger partial charge in [0.1, 0.15) is 9.32 Å². The predicted molar refractivity (Wildman–Crippen MR) is 119 cm³/mol. The number of benzene rings is 3. The third kappa shape index (κ3) is 2.89. The van der Waals surface area contributed by atoms with Crippen molar-refractivity contribution in [1.29, 1.82) is 0 Å². The number of rotatable bonds is 2. The molecule has 4 rings (SSSR count). The van der Waals surface area contributed by atoms with Crippen molar-refractivity contribution in [2.24, 2.45) is 0 Å².